The van der Waals surface area contributed by atoms with E-state index in [1.165, 1.54) is 12.8 Å². The van der Waals surface area contributed by atoms with E-state index in [4.69, 9.17) is 9.95 Å². The van der Waals surface area contributed by atoms with Crippen molar-refractivity contribution in [2.45, 2.75) is 32.2 Å². The van der Waals surface area contributed by atoms with E-state index in [1.54, 1.807) is 0 Å². The Balaban J connectivity index is 2.19. The van der Waals surface area contributed by atoms with Gasteiger partial charge >= 0.3 is 0 Å². The number of hydrogen-bond donors (Lipinski definition) is 0. The zero-order valence-electron chi connectivity index (χ0n) is 7.23. The first-order chi connectivity index (χ1) is 6.40. The van der Waals surface area contributed by atoms with Crippen LogP contribution in [0.1, 0.15) is 30.2 Å². The summed E-state index contributed by atoms with van der Waals surface area (Å²) in [6.07, 6.45) is 4.32. The largest absolute Gasteiger partial charge is 0.445 e. The van der Waals surface area contributed by atoms with Crippen LogP contribution in [0.5, 0.6) is 0 Å². The molecule has 0 spiro atoms. The molecule has 13 heavy (non-hydrogen) atoms. The summed E-state index contributed by atoms with van der Waals surface area (Å²) in [5.74, 6) is 1.53. The zero-order valence-corrected chi connectivity index (χ0v) is 7.23. The van der Waals surface area contributed by atoms with Gasteiger partial charge in [0, 0.05) is 11.3 Å². The number of rotatable bonds is 2. The minimum Gasteiger partial charge on any atom is -0.445 e. The highest BCUT2D eigenvalue weighted by atomic mass is 16.4. The first kappa shape index (κ1) is 8.13. The maximum absolute atomic E-state index is 8.12. The molecule has 68 valence electrons. The third kappa shape index (κ3) is 1.65. The van der Waals surface area contributed by atoms with Gasteiger partial charge in [0.2, 0.25) is 0 Å². The van der Waals surface area contributed by atoms with Gasteiger partial charge in [0.25, 0.3) is 0 Å². The van der Waals surface area contributed by atoms with Crippen LogP contribution in [0.15, 0.2) is 9.53 Å². The Kier molecular flexibility index (Phi) is 2.19. The molecule has 0 saturated carbocycles. The lowest BCUT2D eigenvalue weighted by Crippen LogP contribution is -1.99. The SMILES string of the molecule is [N-]=[N+]=NCc1nc2c(o1)CCCC2. The van der Waals surface area contributed by atoms with Gasteiger partial charge in [-0.25, -0.2) is 4.98 Å². The van der Waals surface area contributed by atoms with E-state index in [0.717, 1.165) is 24.3 Å². The van der Waals surface area contributed by atoms with Crippen molar-refractivity contribution in [3.63, 3.8) is 0 Å². The van der Waals surface area contributed by atoms with Crippen molar-refractivity contribution >= 4 is 0 Å². The van der Waals surface area contributed by atoms with Gasteiger partial charge < -0.3 is 4.42 Å². The Hall–Kier alpha value is -1.48. The van der Waals surface area contributed by atoms with Crippen LogP contribution in [0.4, 0.5) is 0 Å². The van der Waals surface area contributed by atoms with Crippen LogP contribution in [0, 0.1) is 0 Å². The number of nitrogens with zero attached hydrogens (tertiary/aromatic N) is 4. The molecule has 5 heteroatoms. The van der Waals surface area contributed by atoms with E-state index in [9.17, 15) is 0 Å². The quantitative estimate of drug-likeness (QED) is 0.396. The van der Waals surface area contributed by atoms with Crippen molar-refractivity contribution in [2.75, 3.05) is 0 Å². The van der Waals surface area contributed by atoms with Crippen LogP contribution in [0.3, 0.4) is 0 Å². The zero-order chi connectivity index (χ0) is 9.10. The molecular formula is C8H10N4O. The summed E-state index contributed by atoms with van der Waals surface area (Å²) < 4.78 is 5.43. The molecule has 0 N–H and O–H groups in total. The van der Waals surface area contributed by atoms with Gasteiger partial charge in [0.1, 0.15) is 12.3 Å². The predicted molar refractivity (Wildman–Crippen MR) is 46.0 cm³/mol. The smallest absolute Gasteiger partial charge is 0.200 e. The number of aryl methyl sites for hydroxylation is 2. The molecule has 0 aromatic carbocycles. The van der Waals surface area contributed by atoms with Gasteiger partial charge in [-0.15, -0.1) is 0 Å². The fraction of sp³-hybridized carbons (Fsp3) is 0.625. The van der Waals surface area contributed by atoms with E-state index in [0.29, 0.717) is 5.89 Å². The van der Waals surface area contributed by atoms with E-state index in [-0.39, 0.29) is 6.54 Å². The predicted octanol–water partition coefficient (Wildman–Crippen LogP) is 2.36. The molecule has 0 radical (unpaired) electrons. The molecule has 0 atom stereocenters. The van der Waals surface area contributed by atoms with Crippen molar-refractivity contribution in [3.05, 3.63) is 27.8 Å². The average Bonchev–Trinajstić information content (AvgIpc) is 2.57. The summed E-state index contributed by atoms with van der Waals surface area (Å²) in [4.78, 5) is 6.92. The summed E-state index contributed by atoms with van der Waals surface area (Å²) in [6.45, 7) is 0.226. The Morgan fingerprint density at radius 1 is 1.46 bits per heavy atom. The van der Waals surface area contributed by atoms with Crippen LogP contribution in [-0.4, -0.2) is 4.98 Å². The maximum Gasteiger partial charge on any atom is 0.200 e. The highest BCUT2D eigenvalue weighted by Gasteiger charge is 2.15. The van der Waals surface area contributed by atoms with E-state index in [2.05, 4.69) is 15.0 Å². The fourth-order valence-electron chi connectivity index (χ4n) is 1.57. The van der Waals surface area contributed by atoms with Crippen molar-refractivity contribution in [2.24, 2.45) is 5.11 Å². The lowest BCUT2D eigenvalue weighted by atomic mass is 10.0. The Morgan fingerprint density at radius 3 is 3.08 bits per heavy atom. The normalized spacial score (nSPS) is 14.8. The molecule has 1 aliphatic rings. The average molecular weight is 178 g/mol. The molecule has 0 amide bonds. The molecule has 1 aromatic rings. The molecule has 1 aromatic heterocycles. The van der Waals surface area contributed by atoms with E-state index in [1.807, 2.05) is 0 Å². The van der Waals surface area contributed by atoms with Gasteiger partial charge in [-0.2, -0.15) is 0 Å². The van der Waals surface area contributed by atoms with E-state index >= 15 is 0 Å². The Morgan fingerprint density at radius 2 is 2.31 bits per heavy atom. The van der Waals surface area contributed by atoms with Gasteiger partial charge in [0.15, 0.2) is 5.89 Å². The summed E-state index contributed by atoms with van der Waals surface area (Å²) in [6, 6.07) is 0. The molecule has 2 rings (SSSR count). The number of azide groups is 1. The van der Waals surface area contributed by atoms with E-state index < -0.39 is 0 Å². The molecule has 0 aliphatic heterocycles. The minimum absolute atomic E-state index is 0.226. The molecule has 5 nitrogen and oxygen atoms in total. The van der Waals surface area contributed by atoms with Crippen LogP contribution in [-0.2, 0) is 19.4 Å². The third-order valence-electron chi connectivity index (χ3n) is 2.16. The number of hydrogen-bond acceptors (Lipinski definition) is 3. The standard InChI is InChI=1S/C8H10N4O/c9-12-10-5-8-11-6-3-1-2-4-7(6)13-8/h1-5H2. The maximum atomic E-state index is 8.12. The molecule has 0 fully saturated rings. The second kappa shape index (κ2) is 3.49. The summed E-state index contributed by atoms with van der Waals surface area (Å²) in [5, 5.41) is 3.41. The summed E-state index contributed by atoms with van der Waals surface area (Å²) >= 11 is 0. The molecule has 1 aliphatic carbocycles. The van der Waals surface area contributed by atoms with Crippen molar-refractivity contribution < 1.29 is 4.42 Å². The van der Waals surface area contributed by atoms with Gasteiger partial charge in [-0.05, 0) is 24.8 Å². The van der Waals surface area contributed by atoms with Crippen LogP contribution in [0.2, 0.25) is 0 Å². The third-order valence-corrected chi connectivity index (χ3v) is 2.16. The lowest BCUT2D eigenvalue weighted by molar-refractivity contribution is 0.440. The van der Waals surface area contributed by atoms with Crippen molar-refractivity contribution in [1.29, 1.82) is 0 Å². The first-order valence-corrected chi connectivity index (χ1v) is 4.38. The van der Waals surface area contributed by atoms with Crippen LogP contribution < -0.4 is 0 Å². The molecule has 1 heterocycles. The molecular weight excluding hydrogens is 168 g/mol. The summed E-state index contributed by atoms with van der Waals surface area (Å²) in [7, 11) is 0. The van der Waals surface area contributed by atoms with Crippen molar-refractivity contribution in [1.82, 2.24) is 4.98 Å². The summed E-state index contributed by atoms with van der Waals surface area (Å²) in [5.41, 5.74) is 9.17. The van der Waals surface area contributed by atoms with Crippen molar-refractivity contribution in [3.8, 4) is 0 Å². The highest BCUT2D eigenvalue weighted by molar-refractivity contribution is 5.13. The second-order valence-corrected chi connectivity index (χ2v) is 3.07. The number of aromatic nitrogens is 1. The molecule has 0 bridgehead atoms. The molecule has 0 saturated heterocycles. The Labute approximate surface area is 75.4 Å². The van der Waals surface area contributed by atoms with Gasteiger partial charge in [0.05, 0.1) is 5.69 Å². The van der Waals surface area contributed by atoms with Gasteiger partial charge in [-0.3, -0.25) is 0 Å². The monoisotopic (exact) mass is 178 g/mol. The molecule has 0 unspecified atom stereocenters. The number of fused-ring (bicyclic) bond motifs is 1. The van der Waals surface area contributed by atoms with Crippen LogP contribution >= 0.6 is 0 Å². The second-order valence-electron chi connectivity index (χ2n) is 3.07. The van der Waals surface area contributed by atoms with Gasteiger partial charge in [-0.1, -0.05) is 5.11 Å². The minimum atomic E-state index is 0.226. The lowest BCUT2D eigenvalue weighted by Gasteiger charge is -2.05. The fourth-order valence-corrected chi connectivity index (χ4v) is 1.57. The topological polar surface area (TPSA) is 74.8 Å². The Bertz CT molecular complexity index is 328. The number of oxazole rings is 1. The first-order valence-electron chi connectivity index (χ1n) is 4.38. The van der Waals surface area contributed by atoms with Crippen LogP contribution in [0.25, 0.3) is 10.4 Å². The highest BCUT2D eigenvalue weighted by Crippen LogP contribution is 2.21.